The van der Waals surface area contributed by atoms with Crippen LogP contribution in [0.15, 0.2) is 18.2 Å². The molecule has 2 rings (SSSR count). The van der Waals surface area contributed by atoms with Crippen molar-refractivity contribution in [3.8, 4) is 11.5 Å². The third-order valence-corrected chi connectivity index (χ3v) is 3.18. The largest absolute Gasteiger partial charge is 0.508 e. The molecule has 0 saturated carbocycles. The number of aromatic hydroxyl groups is 1. The number of phenolic OH excluding ortho intramolecular Hbond substituents is 1. The van der Waals surface area contributed by atoms with E-state index in [0.29, 0.717) is 5.75 Å². The lowest BCUT2D eigenvalue weighted by Gasteiger charge is -2.25. The average molecular weight is 250 g/mol. The molecule has 0 bridgehead atoms. The fourth-order valence-electron chi connectivity index (χ4n) is 2.15. The maximum atomic E-state index is 9.89. The van der Waals surface area contributed by atoms with Crippen molar-refractivity contribution in [2.75, 3.05) is 6.61 Å². The number of phenols is 1. The summed E-state index contributed by atoms with van der Waals surface area (Å²) in [4.78, 5) is 0. The molecule has 1 fully saturated rings. The molecule has 3 heteroatoms. The molecule has 1 aromatic carbocycles. The van der Waals surface area contributed by atoms with E-state index >= 15 is 0 Å². The Morgan fingerprint density at radius 1 is 1.28 bits per heavy atom. The molecule has 0 aliphatic carbocycles. The van der Waals surface area contributed by atoms with Gasteiger partial charge in [-0.3, -0.25) is 0 Å². The van der Waals surface area contributed by atoms with Crippen LogP contribution >= 0.6 is 0 Å². The van der Waals surface area contributed by atoms with Gasteiger partial charge in [0.1, 0.15) is 11.5 Å². The van der Waals surface area contributed by atoms with Crippen molar-refractivity contribution < 1.29 is 14.6 Å². The van der Waals surface area contributed by atoms with Gasteiger partial charge >= 0.3 is 0 Å². The van der Waals surface area contributed by atoms with Crippen molar-refractivity contribution in [2.45, 2.75) is 51.7 Å². The molecule has 1 heterocycles. The Morgan fingerprint density at radius 2 is 2.06 bits per heavy atom. The second kappa shape index (κ2) is 5.19. The summed E-state index contributed by atoms with van der Waals surface area (Å²) in [5.74, 6) is 1.09. The van der Waals surface area contributed by atoms with Gasteiger partial charge in [-0.05, 0) is 36.5 Å². The molecule has 18 heavy (non-hydrogen) atoms. The van der Waals surface area contributed by atoms with Gasteiger partial charge in [-0.2, -0.15) is 0 Å². The first kappa shape index (κ1) is 13.2. The van der Waals surface area contributed by atoms with Gasteiger partial charge in [0, 0.05) is 12.0 Å². The first-order valence-electron chi connectivity index (χ1n) is 6.58. The Bertz CT molecular complexity index is 401. The fourth-order valence-corrected chi connectivity index (χ4v) is 2.15. The van der Waals surface area contributed by atoms with Crippen LogP contribution in [0.3, 0.4) is 0 Å². The summed E-state index contributed by atoms with van der Waals surface area (Å²) >= 11 is 0. The molecule has 0 aromatic heterocycles. The number of benzene rings is 1. The van der Waals surface area contributed by atoms with Gasteiger partial charge in [0.2, 0.25) is 0 Å². The first-order valence-corrected chi connectivity index (χ1v) is 6.58. The second-order valence-electron chi connectivity index (χ2n) is 5.84. The molecule has 1 atom stereocenters. The predicted molar refractivity (Wildman–Crippen MR) is 71.0 cm³/mol. The summed E-state index contributed by atoms with van der Waals surface area (Å²) in [7, 11) is 0. The number of ether oxygens (including phenoxy) is 2. The monoisotopic (exact) mass is 250 g/mol. The Labute approximate surface area is 109 Å². The predicted octanol–water partition coefficient (Wildman–Crippen LogP) is 3.60. The SMILES string of the molecule is CC(C)(C)c1cc(O[C@H]2CCCCO2)ccc1O. The molecule has 1 aliphatic heterocycles. The maximum Gasteiger partial charge on any atom is 0.199 e. The van der Waals surface area contributed by atoms with E-state index in [-0.39, 0.29) is 11.7 Å². The minimum Gasteiger partial charge on any atom is -0.508 e. The van der Waals surface area contributed by atoms with Crippen LogP contribution in [-0.4, -0.2) is 18.0 Å². The molecule has 0 spiro atoms. The summed E-state index contributed by atoms with van der Waals surface area (Å²) in [6.07, 6.45) is 3.06. The normalized spacial score (nSPS) is 20.7. The van der Waals surface area contributed by atoms with E-state index in [9.17, 15) is 5.11 Å². The van der Waals surface area contributed by atoms with Crippen LogP contribution in [0.2, 0.25) is 0 Å². The number of hydrogen-bond acceptors (Lipinski definition) is 3. The van der Waals surface area contributed by atoms with Gasteiger partial charge in [-0.15, -0.1) is 0 Å². The van der Waals surface area contributed by atoms with Crippen LogP contribution in [0.5, 0.6) is 11.5 Å². The van der Waals surface area contributed by atoms with Crippen LogP contribution in [0.25, 0.3) is 0 Å². The highest BCUT2D eigenvalue weighted by molar-refractivity contribution is 5.43. The minimum atomic E-state index is -0.142. The van der Waals surface area contributed by atoms with Crippen LogP contribution < -0.4 is 4.74 Å². The smallest absolute Gasteiger partial charge is 0.199 e. The van der Waals surface area contributed by atoms with Crippen molar-refractivity contribution in [3.63, 3.8) is 0 Å². The molecule has 0 unspecified atom stereocenters. The molecule has 1 aliphatic rings. The van der Waals surface area contributed by atoms with Crippen LogP contribution in [-0.2, 0) is 10.2 Å². The Balaban J connectivity index is 2.14. The van der Waals surface area contributed by atoms with E-state index in [1.807, 2.05) is 6.07 Å². The molecular weight excluding hydrogens is 228 g/mol. The van der Waals surface area contributed by atoms with E-state index in [1.165, 1.54) is 0 Å². The quantitative estimate of drug-likeness (QED) is 0.871. The van der Waals surface area contributed by atoms with Crippen LogP contribution in [0, 0.1) is 0 Å². The minimum absolute atomic E-state index is 0.100. The van der Waals surface area contributed by atoms with E-state index in [0.717, 1.165) is 37.2 Å². The summed E-state index contributed by atoms with van der Waals surface area (Å²) in [5, 5.41) is 9.89. The highest BCUT2D eigenvalue weighted by Gasteiger charge is 2.20. The van der Waals surface area contributed by atoms with Crippen LogP contribution in [0.1, 0.15) is 45.6 Å². The summed E-state index contributed by atoms with van der Waals surface area (Å²) < 4.78 is 11.4. The molecule has 1 N–H and O–H groups in total. The van der Waals surface area contributed by atoms with Gasteiger partial charge < -0.3 is 14.6 Å². The first-order chi connectivity index (χ1) is 8.47. The van der Waals surface area contributed by atoms with E-state index in [1.54, 1.807) is 12.1 Å². The summed E-state index contributed by atoms with van der Waals surface area (Å²) in [5.41, 5.74) is 0.799. The lowest BCUT2D eigenvalue weighted by atomic mass is 9.86. The van der Waals surface area contributed by atoms with Gasteiger partial charge in [-0.1, -0.05) is 20.8 Å². The summed E-state index contributed by atoms with van der Waals surface area (Å²) in [6, 6.07) is 5.40. The second-order valence-corrected chi connectivity index (χ2v) is 5.84. The van der Waals surface area contributed by atoms with Gasteiger partial charge in [0.05, 0.1) is 6.61 Å². The maximum absolute atomic E-state index is 9.89. The van der Waals surface area contributed by atoms with Gasteiger partial charge in [0.25, 0.3) is 0 Å². The van der Waals surface area contributed by atoms with Crippen molar-refractivity contribution in [1.82, 2.24) is 0 Å². The third-order valence-electron chi connectivity index (χ3n) is 3.18. The highest BCUT2D eigenvalue weighted by atomic mass is 16.7. The Morgan fingerprint density at radius 3 is 2.67 bits per heavy atom. The van der Waals surface area contributed by atoms with Crippen molar-refractivity contribution in [1.29, 1.82) is 0 Å². The molecule has 3 nitrogen and oxygen atoms in total. The fraction of sp³-hybridized carbons (Fsp3) is 0.600. The molecule has 1 aromatic rings. The third kappa shape index (κ3) is 3.16. The number of rotatable bonds is 2. The Kier molecular flexibility index (Phi) is 3.81. The van der Waals surface area contributed by atoms with Gasteiger partial charge in [0.15, 0.2) is 6.29 Å². The number of hydrogen-bond donors (Lipinski definition) is 1. The molecule has 0 radical (unpaired) electrons. The molecule has 1 saturated heterocycles. The lowest BCUT2D eigenvalue weighted by molar-refractivity contribution is -0.105. The molecule has 100 valence electrons. The highest BCUT2D eigenvalue weighted by Crippen LogP contribution is 2.34. The average Bonchev–Trinajstić information content (AvgIpc) is 2.31. The topological polar surface area (TPSA) is 38.7 Å². The molecule has 0 amide bonds. The van der Waals surface area contributed by atoms with Crippen molar-refractivity contribution in [3.05, 3.63) is 23.8 Å². The standard InChI is InChI=1S/C15H22O3/c1-15(2,3)12-10-11(7-8-13(12)16)18-14-6-4-5-9-17-14/h7-8,10,14,16H,4-6,9H2,1-3H3/t14-/m0/s1. The van der Waals surface area contributed by atoms with Crippen LogP contribution in [0.4, 0.5) is 0 Å². The van der Waals surface area contributed by atoms with E-state index < -0.39 is 0 Å². The zero-order valence-corrected chi connectivity index (χ0v) is 11.4. The zero-order valence-electron chi connectivity index (χ0n) is 11.4. The van der Waals surface area contributed by atoms with Crippen molar-refractivity contribution >= 4 is 0 Å². The van der Waals surface area contributed by atoms with E-state index in [4.69, 9.17) is 9.47 Å². The van der Waals surface area contributed by atoms with E-state index in [2.05, 4.69) is 20.8 Å². The Hall–Kier alpha value is -1.22. The lowest BCUT2D eigenvalue weighted by Crippen LogP contribution is -2.25. The van der Waals surface area contributed by atoms with Crippen molar-refractivity contribution in [2.24, 2.45) is 0 Å². The van der Waals surface area contributed by atoms with Gasteiger partial charge in [-0.25, -0.2) is 0 Å². The zero-order chi connectivity index (χ0) is 13.2. The molecular formula is C15H22O3. The summed E-state index contributed by atoms with van der Waals surface area (Å²) in [6.45, 7) is 6.99.